The van der Waals surface area contributed by atoms with Gasteiger partial charge in [-0.2, -0.15) is 0 Å². The van der Waals surface area contributed by atoms with Crippen molar-refractivity contribution in [3.8, 4) is 45.7 Å². The summed E-state index contributed by atoms with van der Waals surface area (Å²) in [4.78, 5) is 14.7. The van der Waals surface area contributed by atoms with Gasteiger partial charge in [-0.25, -0.2) is 15.0 Å². The van der Waals surface area contributed by atoms with Crippen molar-refractivity contribution in [3.05, 3.63) is 72.8 Å². The van der Waals surface area contributed by atoms with Gasteiger partial charge in [0.1, 0.15) is 11.5 Å². The van der Waals surface area contributed by atoms with Gasteiger partial charge in [0, 0.05) is 22.1 Å². The van der Waals surface area contributed by atoms with Gasteiger partial charge in [0.2, 0.25) is 0 Å². The van der Waals surface area contributed by atoms with Crippen molar-refractivity contribution < 1.29 is 9.84 Å². The summed E-state index contributed by atoms with van der Waals surface area (Å²) >= 11 is 4.33. The maximum atomic E-state index is 10.4. The van der Waals surface area contributed by atoms with Crippen molar-refractivity contribution >= 4 is 12.6 Å². The van der Waals surface area contributed by atoms with Crippen LogP contribution in [0.3, 0.4) is 0 Å². The molecule has 28 heavy (non-hydrogen) atoms. The van der Waals surface area contributed by atoms with E-state index in [1.807, 2.05) is 54.6 Å². The number of rotatable bonds is 4. The topological polar surface area (TPSA) is 68.1 Å². The highest BCUT2D eigenvalue weighted by molar-refractivity contribution is 7.80. The van der Waals surface area contributed by atoms with E-state index in [0.29, 0.717) is 28.8 Å². The average molecular weight is 387 g/mol. The van der Waals surface area contributed by atoms with Gasteiger partial charge in [0.05, 0.1) is 12.7 Å². The van der Waals surface area contributed by atoms with E-state index in [9.17, 15) is 5.11 Å². The molecule has 138 valence electrons. The zero-order chi connectivity index (χ0) is 19.5. The van der Waals surface area contributed by atoms with E-state index in [-0.39, 0.29) is 5.75 Å². The number of nitrogens with zero attached hydrogens (tertiary/aromatic N) is 3. The van der Waals surface area contributed by atoms with Gasteiger partial charge in [-0.15, -0.1) is 12.6 Å². The lowest BCUT2D eigenvalue weighted by Crippen LogP contribution is -2.00. The Labute approximate surface area is 168 Å². The fourth-order valence-electron chi connectivity index (χ4n) is 2.78. The van der Waals surface area contributed by atoms with Gasteiger partial charge in [-0.3, -0.25) is 0 Å². The van der Waals surface area contributed by atoms with E-state index in [2.05, 4.69) is 27.6 Å². The molecule has 1 heterocycles. The summed E-state index contributed by atoms with van der Waals surface area (Å²) in [6.07, 6.45) is 0. The maximum Gasteiger partial charge on any atom is 0.167 e. The summed E-state index contributed by atoms with van der Waals surface area (Å²) in [7, 11) is 1.55. The number of benzene rings is 3. The van der Waals surface area contributed by atoms with E-state index in [0.717, 1.165) is 16.0 Å². The normalized spacial score (nSPS) is 10.6. The van der Waals surface area contributed by atoms with Crippen LogP contribution in [0.4, 0.5) is 0 Å². The van der Waals surface area contributed by atoms with Gasteiger partial charge in [0.25, 0.3) is 0 Å². The molecule has 0 unspecified atom stereocenters. The smallest absolute Gasteiger partial charge is 0.167 e. The summed E-state index contributed by atoms with van der Waals surface area (Å²) < 4.78 is 5.16. The van der Waals surface area contributed by atoms with Crippen molar-refractivity contribution in [3.63, 3.8) is 0 Å². The third kappa shape index (κ3) is 3.68. The second-order valence-corrected chi connectivity index (χ2v) is 6.62. The van der Waals surface area contributed by atoms with Crippen molar-refractivity contribution in [2.24, 2.45) is 0 Å². The van der Waals surface area contributed by atoms with Crippen LogP contribution in [0, 0.1) is 0 Å². The van der Waals surface area contributed by atoms with Crippen molar-refractivity contribution in [2.75, 3.05) is 7.11 Å². The summed E-state index contributed by atoms with van der Waals surface area (Å²) in [6.45, 7) is 0. The molecule has 3 aromatic carbocycles. The number of hydrogen-bond acceptors (Lipinski definition) is 6. The van der Waals surface area contributed by atoms with Crippen LogP contribution in [0.2, 0.25) is 0 Å². The van der Waals surface area contributed by atoms with Crippen LogP contribution in [0.25, 0.3) is 34.2 Å². The van der Waals surface area contributed by atoms with Gasteiger partial charge in [-0.1, -0.05) is 42.5 Å². The number of aromatic hydroxyl groups is 1. The fourth-order valence-corrected chi connectivity index (χ4v) is 2.93. The van der Waals surface area contributed by atoms with Gasteiger partial charge < -0.3 is 9.84 Å². The van der Waals surface area contributed by atoms with Crippen LogP contribution in [0.1, 0.15) is 0 Å². The first-order valence-corrected chi connectivity index (χ1v) is 9.07. The Hall–Kier alpha value is -3.38. The zero-order valence-corrected chi connectivity index (χ0v) is 16.0. The molecule has 1 aromatic heterocycles. The third-order valence-corrected chi connectivity index (χ3v) is 4.54. The molecular formula is C22H17N3O2S. The molecule has 4 rings (SSSR count). The molecule has 0 amide bonds. The van der Waals surface area contributed by atoms with E-state index >= 15 is 0 Å². The summed E-state index contributed by atoms with van der Waals surface area (Å²) in [5, 5.41) is 10.4. The molecule has 0 saturated heterocycles. The summed E-state index contributed by atoms with van der Waals surface area (Å²) in [5.74, 6) is 2.04. The highest BCUT2D eigenvalue weighted by atomic mass is 32.1. The average Bonchev–Trinajstić information content (AvgIpc) is 2.74. The minimum Gasteiger partial charge on any atom is -0.507 e. The number of phenols is 1. The second-order valence-electron chi connectivity index (χ2n) is 6.10. The first-order valence-electron chi connectivity index (χ1n) is 8.62. The number of ether oxygens (including phenoxy) is 1. The number of methoxy groups -OCH3 is 1. The molecule has 0 saturated carbocycles. The van der Waals surface area contributed by atoms with E-state index in [1.54, 1.807) is 19.2 Å². The fraction of sp³-hybridized carbons (Fsp3) is 0.0455. The lowest BCUT2D eigenvalue weighted by Gasteiger charge is -2.10. The lowest BCUT2D eigenvalue weighted by atomic mass is 10.1. The molecule has 0 spiro atoms. The Morgan fingerprint density at radius 1 is 0.750 bits per heavy atom. The Kier molecular flexibility index (Phi) is 4.95. The van der Waals surface area contributed by atoms with Crippen LogP contribution in [0.15, 0.2) is 77.7 Å². The van der Waals surface area contributed by atoms with Crippen LogP contribution in [-0.2, 0) is 0 Å². The molecule has 0 bridgehead atoms. The Morgan fingerprint density at radius 2 is 1.36 bits per heavy atom. The van der Waals surface area contributed by atoms with Crippen LogP contribution in [0.5, 0.6) is 11.5 Å². The minimum absolute atomic E-state index is 0.0428. The molecule has 6 heteroatoms. The van der Waals surface area contributed by atoms with Crippen LogP contribution in [-0.4, -0.2) is 27.2 Å². The zero-order valence-electron chi connectivity index (χ0n) is 15.1. The van der Waals surface area contributed by atoms with Gasteiger partial charge in [0.15, 0.2) is 17.5 Å². The third-order valence-electron chi connectivity index (χ3n) is 4.24. The Bertz CT molecular complexity index is 1120. The first-order chi connectivity index (χ1) is 13.6. The monoisotopic (exact) mass is 387 g/mol. The largest absolute Gasteiger partial charge is 0.507 e. The van der Waals surface area contributed by atoms with Gasteiger partial charge in [-0.05, 0) is 24.3 Å². The maximum absolute atomic E-state index is 10.4. The molecule has 0 aliphatic carbocycles. The Morgan fingerprint density at radius 3 is 1.96 bits per heavy atom. The van der Waals surface area contributed by atoms with Gasteiger partial charge >= 0.3 is 0 Å². The quantitative estimate of drug-likeness (QED) is 0.489. The minimum atomic E-state index is 0.0428. The molecule has 0 atom stereocenters. The van der Waals surface area contributed by atoms with Crippen molar-refractivity contribution in [2.45, 2.75) is 4.90 Å². The second kappa shape index (κ2) is 7.70. The Balaban J connectivity index is 1.90. The molecule has 0 fully saturated rings. The van der Waals surface area contributed by atoms with E-state index in [1.165, 1.54) is 6.07 Å². The van der Waals surface area contributed by atoms with Crippen molar-refractivity contribution in [1.82, 2.24) is 15.0 Å². The van der Waals surface area contributed by atoms with Crippen LogP contribution >= 0.6 is 12.6 Å². The molecule has 0 radical (unpaired) electrons. The van der Waals surface area contributed by atoms with E-state index < -0.39 is 0 Å². The number of hydrogen-bond donors (Lipinski definition) is 2. The number of phenolic OH excluding ortho intramolecular Hbond substituents is 1. The molecule has 0 aliphatic heterocycles. The van der Waals surface area contributed by atoms with E-state index in [4.69, 9.17) is 4.74 Å². The molecule has 4 aromatic rings. The summed E-state index contributed by atoms with van der Waals surface area (Å²) in [5.41, 5.74) is 2.21. The first kappa shape index (κ1) is 18.0. The molecule has 0 aliphatic rings. The standard InChI is InChI=1S/C22H17N3O2S/c1-27-16-9-12-18(19(26)13-16)22-24-20(14-5-3-2-4-6-14)23-21(25-22)15-7-10-17(28)11-8-15/h2-13,26,28H,1H3. The predicted molar refractivity (Wildman–Crippen MR) is 112 cm³/mol. The highest BCUT2D eigenvalue weighted by Gasteiger charge is 2.15. The lowest BCUT2D eigenvalue weighted by molar-refractivity contribution is 0.408. The predicted octanol–water partition coefficient (Wildman–Crippen LogP) is 4.88. The number of thiol groups is 1. The molecule has 1 N–H and O–H groups in total. The van der Waals surface area contributed by atoms with Crippen LogP contribution < -0.4 is 4.74 Å². The molecule has 5 nitrogen and oxygen atoms in total. The highest BCUT2D eigenvalue weighted by Crippen LogP contribution is 2.32. The SMILES string of the molecule is COc1ccc(-c2nc(-c3ccccc3)nc(-c3ccc(S)cc3)n2)c(O)c1. The molecular weight excluding hydrogens is 370 g/mol. The van der Waals surface area contributed by atoms with Crippen molar-refractivity contribution in [1.29, 1.82) is 0 Å². The number of aromatic nitrogens is 3. The summed E-state index contributed by atoms with van der Waals surface area (Å²) in [6, 6.07) is 22.3.